The molecule has 2 heterocycles. The van der Waals surface area contributed by atoms with Crippen molar-refractivity contribution in [2.24, 2.45) is 5.92 Å². The molecule has 0 amide bonds. The second kappa shape index (κ2) is 6.63. The van der Waals surface area contributed by atoms with Crippen molar-refractivity contribution >= 4 is 5.97 Å². The van der Waals surface area contributed by atoms with Crippen molar-refractivity contribution in [2.75, 3.05) is 0 Å². The van der Waals surface area contributed by atoms with Gasteiger partial charge in [-0.15, -0.1) is 0 Å². The van der Waals surface area contributed by atoms with E-state index < -0.39 is 36.0 Å². The third-order valence-corrected chi connectivity index (χ3v) is 4.51. The second-order valence-corrected chi connectivity index (χ2v) is 6.76. The van der Waals surface area contributed by atoms with Crippen LogP contribution in [0, 0.1) is 5.92 Å². The highest BCUT2D eigenvalue weighted by atomic mass is 16.6. The molecule has 0 saturated heterocycles. The van der Waals surface area contributed by atoms with E-state index in [2.05, 4.69) is 0 Å². The minimum absolute atomic E-state index is 0.0108. The highest BCUT2D eigenvalue weighted by Gasteiger charge is 2.46. The van der Waals surface area contributed by atoms with Gasteiger partial charge in [-0.1, -0.05) is 19.9 Å². The smallest absolute Gasteiger partial charge is 0.341 e. The van der Waals surface area contributed by atoms with Crippen LogP contribution in [0.5, 0.6) is 0 Å². The first kappa shape index (κ1) is 18.0. The average Bonchev–Trinajstić information content (AvgIpc) is 2.75. The predicted octanol–water partition coefficient (Wildman–Crippen LogP) is 1.05. The van der Waals surface area contributed by atoms with Crippen LogP contribution in [-0.2, 0) is 14.3 Å². The summed E-state index contributed by atoms with van der Waals surface area (Å²) in [5.74, 6) is -0.281. The van der Waals surface area contributed by atoms with Gasteiger partial charge in [0.1, 0.15) is 23.9 Å². The van der Waals surface area contributed by atoms with Crippen LogP contribution in [0.1, 0.15) is 40.5 Å². The summed E-state index contributed by atoms with van der Waals surface area (Å²) in [6.07, 6.45) is 0.879. The van der Waals surface area contributed by atoms with Gasteiger partial charge in [0.05, 0.1) is 5.60 Å². The number of rotatable bonds is 5. The first-order chi connectivity index (χ1) is 10.7. The van der Waals surface area contributed by atoms with Gasteiger partial charge in [-0.25, -0.2) is 4.79 Å². The molecule has 130 valence electrons. The number of carbonyl (C=O) groups excluding carboxylic acids is 1. The molecule has 2 rings (SSSR count). The predicted molar refractivity (Wildman–Crippen MR) is 83.3 cm³/mol. The molecule has 0 spiro atoms. The fraction of sp³-hybridized carbons (Fsp3) is 0.706. The quantitative estimate of drug-likeness (QED) is 0.516. The van der Waals surface area contributed by atoms with Crippen LogP contribution in [0.15, 0.2) is 23.5 Å². The summed E-state index contributed by atoms with van der Waals surface area (Å²) in [5, 5.41) is 30.4. The van der Waals surface area contributed by atoms with Crippen molar-refractivity contribution in [2.45, 2.75) is 70.6 Å². The van der Waals surface area contributed by atoms with Crippen molar-refractivity contribution in [1.29, 1.82) is 0 Å². The highest BCUT2D eigenvalue weighted by Crippen LogP contribution is 2.34. The lowest BCUT2D eigenvalue weighted by Crippen LogP contribution is -2.44. The van der Waals surface area contributed by atoms with Crippen LogP contribution in [-0.4, -0.2) is 51.3 Å². The Morgan fingerprint density at radius 3 is 2.61 bits per heavy atom. The van der Waals surface area contributed by atoms with E-state index in [1.165, 1.54) is 0 Å². The minimum Gasteiger partial charge on any atom is -0.483 e. The number of carbonyl (C=O) groups is 1. The molecular formula is C17H26O6. The maximum Gasteiger partial charge on any atom is 0.341 e. The average molecular weight is 326 g/mol. The van der Waals surface area contributed by atoms with Crippen molar-refractivity contribution in [3.05, 3.63) is 23.5 Å². The van der Waals surface area contributed by atoms with Gasteiger partial charge in [0.15, 0.2) is 11.9 Å². The van der Waals surface area contributed by atoms with E-state index in [1.807, 2.05) is 19.9 Å². The van der Waals surface area contributed by atoms with Crippen LogP contribution < -0.4 is 0 Å². The molecule has 0 radical (unpaired) electrons. The van der Waals surface area contributed by atoms with E-state index in [1.54, 1.807) is 19.9 Å². The van der Waals surface area contributed by atoms with Gasteiger partial charge in [0, 0.05) is 0 Å². The number of hydrogen-bond donors (Lipinski definition) is 3. The number of aliphatic hydroxyl groups is 3. The van der Waals surface area contributed by atoms with Crippen LogP contribution in [0.25, 0.3) is 0 Å². The molecule has 23 heavy (non-hydrogen) atoms. The number of allylic oxidation sites excluding steroid dienone is 1. The topological polar surface area (TPSA) is 96.2 Å². The number of esters is 1. The summed E-state index contributed by atoms with van der Waals surface area (Å²) in [6.45, 7) is 7.33. The lowest BCUT2D eigenvalue weighted by atomic mass is 9.89. The minimum atomic E-state index is -1.32. The standard InChI is InChI=1S/C17H26O6/c1-5-17(4,21)8-9(2)6-7-11-13(18)14(19)12-15(23-11)10(3)22-16(12)20/h6-7,9-11,13-14,18-19,21H,5,8H2,1-4H3. The van der Waals surface area contributed by atoms with Crippen LogP contribution in [0.4, 0.5) is 0 Å². The van der Waals surface area contributed by atoms with E-state index >= 15 is 0 Å². The fourth-order valence-corrected chi connectivity index (χ4v) is 2.95. The van der Waals surface area contributed by atoms with Gasteiger partial charge >= 0.3 is 5.97 Å². The molecule has 6 nitrogen and oxygen atoms in total. The van der Waals surface area contributed by atoms with E-state index in [9.17, 15) is 20.1 Å². The molecular weight excluding hydrogens is 300 g/mol. The Morgan fingerprint density at radius 1 is 1.35 bits per heavy atom. The Balaban J connectivity index is 2.08. The fourth-order valence-electron chi connectivity index (χ4n) is 2.95. The summed E-state index contributed by atoms with van der Waals surface area (Å²) in [5.41, 5.74) is -0.734. The Labute approximate surface area is 136 Å². The van der Waals surface area contributed by atoms with Crippen LogP contribution in [0.2, 0.25) is 0 Å². The molecule has 0 fully saturated rings. The molecule has 0 aliphatic carbocycles. The first-order valence-electron chi connectivity index (χ1n) is 8.04. The second-order valence-electron chi connectivity index (χ2n) is 6.76. The van der Waals surface area contributed by atoms with Crippen molar-refractivity contribution in [3.8, 4) is 0 Å². The monoisotopic (exact) mass is 326 g/mol. The van der Waals surface area contributed by atoms with E-state index in [0.717, 1.165) is 0 Å². The van der Waals surface area contributed by atoms with Crippen molar-refractivity contribution in [3.63, 3.8) is 0 Å². The maximum atomic E-state index is 11.7. The van der Waals surface area contributed by atoms with Crippen molar-refractivity contribution < 1.29 is 29.6 Å². The molecule has 6 heteroatoms. The summed E-state index contributed by atoms with van der Waals surface area (Å²) < 4.78 is 10.7. The van der Waals surface area contributed by atoms with Gasteiger partial charge in [-0.05, 0) is 38.7 Å². The maximum absolute atomic E-state index is 11.7. The Morgan fingerprint density at radius 2 is 2.00 bits per heavy atom. The van der Waals surface area contributed by atoms with Gasteiger partial charge < -0.3 is 24.8 Å². The summed E-state index contributed by atoms with van der Waals surface area (Å²) >= 11 is 0. The van der Waals surface area contributed by atoms with E-state index in [0.29, 0.717) is 12.8 Å². The highest BCUT2D eigenvalue weighted by molar-refractivity contribution is 5.93. The zero-order chi connectivity index (χ0) is 17.4. The first-order valence-corrected chi connectivity index (χ1v) is 8.04. The van der Waals surface area contributed by atoms with Gasteiger partial charge in [-0.3, -0.25) is 0 Å². The molecule has 0 saturated carbocycles. The lowest BCUT2D eigenvalue weighted by Gasteiger charge is -2.31. The Bertz CT molecular complexity index is 521. The molecule has 6 atom stereocenters. The molecule has 2 aliphatic rings. The van der Waals surface area contributed by atoms with Gasteiger partial charge in [0.25, 0.3) is 0 Å². The van der Waals surface area contributed by atoms with Gasteiger partial charge in [0.2, 0.25) is 0 Å². The lowest BCUT2D eigenvalue weighted by molar-refractivity contribution is -0.140. The molecule has 0 bridgehead atoms. The summed E-state index contributed by atoms with van der Waals surface area (Å²) in [6, 6.07) is 0. The van der Waals surface area contributed by atoms with Crippen LogP contribution in [0.3, 0.4) is 0 Å². The Kier molecular flexibility index (Phi) is 5.18. The van der Waals surface area contributed by atoms with Gasteiger partial charge in [-0.2, -0.15) is 0 Å². The molecule has 0 aromatic carbocycles. The number of cyclic esters (lactones) is 1. The summed E-state index contributed by atoms with van der Waals surface area (Å²) in [4.78, 5) is 11.7. The number of hydrogen-bond acceptors (Lipinski definition) is 6. The Hall–Kier alpha value is -1.37. The molecule has 6 unspecified atom stereocenters. The normalized spacial score (nSPS) is 34.8. The summed E-state index contributed by atoms with van der Waals surface area (Å²) in [7, 11) is 0. The largest absolute Gasteiger partial charge is 0.483 e. The molecule has 0 aromatic rings. The van der Waals surface area contributed by atoms with E-state index in [4.69, 9.17) is 9.47 Å². The van der Waals surface area contributed by atoms with E-state index in [-0.39, 0.29) is 17.3 Å². The third kappa shape index (κ3) is 3.76. The number of ether oxygens (including phenoxy) is 2. The SMILES string of the molecule is CCC(C)(O)CC(C)C=CC1OC2=C(C(=O)OC2C)C(O)C1O. The third-order valence-electron chi connectivity index (χ3n) is 4.51. The molecule has 2 aliphatic heterocycles. The number of aliphatic hydroxyl groups excluding tert-OH is 2. The van der Waals surface area contributed by atoms with Crippen LogP contribution >= 0.6 is 0 Å². The molecule has 3 N–H and O–H groups in total. The van der Waals surface area contributed by atoms with Crippen molar-refractivity contribution in [1.82, 2.24) is 0 Å². The molecule has 0 aromatic heterocycles. The zero-order valence-corrected chi connectivity index (χ0v) is 14.0. The zero-order valence-electron chi connectivity index (χ0n) is 14.0.